The molecule has 26 heavy (non-hydrogen) atoms. The molecule has 0 spiro atoms. The highest BCUT2D eigenvalue weighted by molar-refractivity contribution is 5.71. The molecule has 7 nitrogen and oxygen atoms in total. The van der Waals surface area contributed by atoms with Gasteiger partial charge in [-0.15, -0.1) is 0 Å². The molecule has 0 bridgehead atoms. The van der Waals surface area contributed by atoms with Gasteiger partial charge in [0.05, 0.1) is 0 Å². The van der Waals surface area contributed by atoms with Gasteiger partial charge in [0.1, 0.15) is 5.82 Å². The smallest absolute Gasteiger partial charge is 0.322 e. The van der Waals surface area contributed by atoms with Crippen LogP contribution in [0.25, 0.3) is 11.2 Å². The summed E-state index contributed by atoms with van der Waals surface area (Å²) in [5.74, 6) is 0.872. The van der Waals surface area contributed by atoms with Gasteiger partial charge in [-0.3, -0.25) is 13.9 Å². The van der Waals surface area contributed by atoms with Gasteiger partial charge in [-0.25, -0.2) is 9.78 Å². The zero-order valence-corrected chi connectivity index (χ0v) is 16.9. The number of hydrogen-bond acceptors (Lipinski definition) is 4. The van der Waals surface area contributed by atoms with Crippen LogP contribution >= 0.6 is 0 Å². The standard InChI is InChI=1S/C19H33N5O2/c1-6-11-23(12-7-2)13-9-10-14-24-15(8-3)20-17-16(24)18(25)22(5)19(26)21(17)4/h6-14H2,1-5H3. The molecule has 146 valence electrons. The lowest BCUT2D eigenvalue weighted by atomic mass is 10.2. The van der Waals surface area contributed by atoms with E-state index in [1.807, 2.05) is 11.5 Å². The molecule has 2 heterocycles. The third kappa shape index (κ3) is 4.09. The Labute approximate surface area is 155 Å². The van der Waals surface area contributed by atoms with Crippen molar-refractivity contribution in [1.29, 1.82) is 0 Å². The summed E-state index contributed by atoms with van der Waals surface area (Å²) in [6, 6.07) is 0. The van der Waals surface area contributed by atoms with Crippen LogP contribution in [-0.2, 0) is 27.1 Å². The van der Waals surface area contributed by atoms with Gasteiger partial charge in [0, 0.05) is 27.1 Å². The number of nitrogens with zero attached hydrogens (tertiary/aromatic N) is 5. The van der Waals surface area contributed by atoms with Crippen molar-refractivity contribution in [2.45, 2.75) is 59.4 Å². The van der Waals surface area contributed by atoms with Gasteiger partial charge in [-0.05, 0) is 45.3 Å². The third-order valence-electron chi connectivity index (χ3n) is 4.93. The van der Waals surface area contributed by atoms with Gasteiger partial charge in [0.15, 0.2) is 11.2 Å². The Balaban J connectivity index is 2.21. The fourth-order valence-corrected chi connectivity index (χ4v) is 3.58. The van der Waals surface area contributed by atoms with Gasteiger partial charge in [-0.2, -0.15) is 0 Å². The second-order valence-electron chi connectivity index (χ2n) is 6.96. The summed E-state index contributed by atoms with van der Waals surface area (Å²) in [6.07, 6.45) is 5.18. The Kier molecular flexibility index (Phi) is 7.20. The minimum absolute atomic E-state index is 0.256. The van der Waals surface area contributed by atoms with Crippen molar-refractivity contribution in [2.24, 2.45) is 14.1 Å². The van der Waals surface area contributed by atoms with Crippen LogP contribution in [0.3, 0.4) is 0 Å². The predicted molar refractivity (Wildman–Crippen MR) is 106 cm³/mol. The van der Waals surface area contributed by atoms with E-state index in [-0.39, 0.29) is 11.2 Å². The molecule has 0 saturated carbocycles. The summed E-state index contributed by atoms with van der Waals surface area (Å²) in [5.41, 5.74) is 0.456. The summed E-state index contributed by atoms with van der Waals surface area (Å²) in [5, 5.41) is 0. The van der Waals surface area contributed by atoms with Crippen LogP contribution in [0.4, 0.5) is 0 Å². The fourth-order valence-electron chi connectivity index (χ4n) is 3.58. The first-order chi connectivity index (χ1) is 12.5. The topological polar surface area (TPSA) is 65.1 Å². The molecule has 2 aromatic rings. The lowest BCUT2D eigenvalue weighted by Gasteiger charge is -2.20. The molecule has 0 unspecified atom stereocenters. The van der Waals surface area contributed by atoms with Crippen LogP contribution in [0.1, 0.15) is 52.3 Å². The largest absolute Gasteiger partial charge is 0.332 e. The van der Waals surface area contributed by atoms with E-state index in [0.29, 0.717) is 11.2 Å². The predicted octanol–water partition coefficient (Wildman–Crippen LogP) is 1.90. The monoisotopic (exact) mass is 363 g/mol. The molecule has 0 fully saturated rings. The number of fused-ring (bicyclic) bond motifs is 1. The Hall–Kier alpha value is -1.89. The number of aryl methyl sites for hydroxylation is 3. The molecule has 0 amide bonds. The maximum absolute atomic E-state index is 12.6. The van der Waals surface area contributed by atoms with E-state index in [4.69, 9.17) is 0 Å². The Morgan fingerprint density at radius 1 is 0.923 bits per heavy atom. The molecular weight excluding hydrogens is 330 g/mol. The van der Waals surface area contributed by atoms with Gasteiger partial charge in [0.25, 0.3) is 5.56 Å². The first-order valence-corrected chi connectivity index (χ1v) is 9.83. The van der Waals surface area contributed by atoms with Crippen LogP contribution in [0.15, 0.2) is 9.59 Å². The first kappa shape index (κ1) is 20.4. The van der Waals surface area contributed by atoms with E-state index in [1.165, 1.54) is 29.0 Å². The number of unbranched alkanes of at least 4 members (excludes halogenated alkanes) is 1. The van der Waals surface area contributed by atoms with Gasteiger partial charge >= 0.3 is 5.69 Å². The number of aromatic nitrogens is 4. The lowest BCUT2D eigenvalue weighted by Crippen LogP contribution is -2.37. The summed E-state index contributed by atoms with van der Waals surface area (Å²) < 4.78 is 4.65. The SMILES string of the molecule is CCCN(CCC)CCCCn1c(CC)nc2c1c(=O)n(C)c(=O)n2C. The van der Waals surface area contributed by atoms with Gasteiger partial charge in [0.2, 0.25) is 0 Å². The third-order valence-corrected chi connectivity index (χ3v) is 4.93. The van der Waals surface area contributed by atoms with E-state index < -0.39 is 0 Å². The van der Waals surface area contributed by atoms with Crippen molar-refractivity contribution in [2.75, 3.05) is 19.6 Å². The molecule has 0 aliphatic rings. The van der Waals surface area contributed by atoms with Crippen molar-refractivity contribution < 1.29 is 0 Å². The molecular formula is C19H33N5O2. The summed E-state index contributed by atoms with van der Waals surface area (Å²) in [4.78, 5) is 31.9. The maximum atomic E-state index is 12.6. The van der Waals surface area contributed by atoms with Crippen LogP contribution in [-0.4, -0.2) is 43.2 Å². The summed E-state index contributed by atoms with van der Waals surface area (Å²) >= 11 is 0. The molecule has 2 rings (SSSR count). The van der Waals surface area contributed by atoms with Crippen molar-refractivity contribution in [3.8, 4) is 0 Å². The van der Waals surface area contributed by atoms with Crippen LogP contribution < -0.4 is 11.2 Å². The number of imidazole rings is 1. The minimum Gasteiger partial charge on any atom is -0.322 e. The molecule has 0 radical (unpaired) electrons. The van der Waals surface area contributed by atoms with E-state index in [2.05, 4.69) is 23.7 Å². The lowest BCUT2D eigenvalue weighted by molar-refractivity contribution is 0.267. The molecule has 0 atom stereocenters. The zero-order chi connectivity index (χ0) is 19.3. The highest BCUT2D eigenvalue weighted by Gasteiger charge is 2.17. The normalized spacial score (nSPS) is 11.8. The van der Waals surface area contributed by atoms with Crippen LogP contribution in [0, 0.1) is 0 Å². The second-order valence-corrected chi connectivity index (χ2v) is 6.96. The first-order valence-electron chi connectivity index (χ1n) is 9.83. The molecule has 0 aliphatic heterocycles. The molecule has 7 heteroatoms. The van der Waals surface area contributed by atoms with Crippen molar-refractivity contribution in [3.63, 3.8) is 0 Å². The Bertz CT molecular complexity index is 840. The van der Waals surface area contributed by atoms with E-state index in [1.54, 1.807) is 7.05 Å². The average molecular weight is 364 g/mol. The van der Waals surface area contributed by atoms with Crippen molar-refractivity contribution in [1.82, 2.24) is 23.6 Å². The molecule has 0 N–H and O–H groups in total. The molecule has 2 aromatic heterocycles. The van der Waals surface area contributed by atoms with Gasteiger partial charge in [-0.1, -0.05) is 20.8 Å². The van der Waals surface area contributed by atoms with Crippen LogP contribution in [0.2, 0.25) is 0 Å². The number of hydrogen-bond donors (Lipinski definition) is 0. The summed E-state index contributed by atoms with van der Waals surface area (Å²) in [6.45, 7) is 10.6. The average Bonchev–Trinajstić information content (AvgIpc) is 3.00. The quantitative estimate of drug-likeness (QED) is 0.605. The number of rotatable bonds is 10. The second kappa shape index (κ2) is 9.16. The highest BCUT2D eigenvalue weighted by Crippen LogP contribution is 2.13. The van der Waals surface area contributed by atoms with Gasteiger partial charge < -0.3 is 9.47 Å². The molecule has 0 aliphatic carbocycles. The van der Waals surface area contributed by atoms with Crippen molar-refractivity contribution in [3.05, 3.63) is 26.7 Å². The van der Waals surface area contributed by atoms with E-state index in [0.717, 1.165) is 51.3 Å². The zero-order valence-electron chi connectivity index (χ0n) is 16.9. The Morgan fingerprint density at radius 3 is 2.15 bits per heavy atom. The fraction of sp³-hybridized carbons (Fsp3) is 0.737. The molecule has 0 saturated heterocycles. The Morgan fingerprint density at radius 2 is 1.58 bits per heavy atom. The van der Waals surface area contributed by atoms with Crippen LogP contribution in [0.5, 0.6) is 0 Å². The summed E-state index contributed by atoms with van der Waals surface area (Å²) in [7, 11) is 3.20. The molecule has 0 aromatic carbocycles. The minimum atomic E-state index is -0.329. The maximum Gasteiger partial charge on any atom is 0.332 e. The van der Waals surface area contributed by atoms with E-state index >= 15 is 0 Å². The highest BCUT2D eigenvalue weighted by atomic mass is 16.2. The van der Waals surface area contributed by atoms with E-state index in [9.17, 15) is 9.59 Å². The van der Waals surface area contributed by atoms with Crippen molar-refractivity contribution >= 4 is 11.2 Å².